The van der Waals surface area contributed by atoms with Gasteiger partial charge in [-0.1, -0.05) is 0 Å². The van der Waals surface area contributed by atoms with Crippen molar-refractivity contribution in [3.05, 3.63) is 34.1 Å². The first-order valence-electron chi connectivity index (χ1n) is 5.37. The van der Waals surface area contributed by atoms with Crippen LogP contribution in [0.2, 0.25) is 0 Å². The highest BCUT2D eigenvalue weighted by atomic mass is 32.1. The van der Waals surface area contributed by atoms with Crippen LogP contribution >= 0.6 is 34.0 Å². The van der Waals surface area contributed by atoms with Crippen molar-refractivity contribution in [3.8, 4) is 0 Å². The molecular weight excluding hydrogens is 300 g/mol. The lowest BCUT2D eigenvalue weighted by Crippen LogP contribution is -2.09. The summed E-state index contributed by atoms with van der Waals surface area (Å²) in [6, 6.07) is 1.87. The van der Waals surface area contributed by atoms with Gasteiger partial charge in [0.15, 0.2) is 10.1 Å². The molecule has 4 heterocycles. The van der Waals surface area contributed by atoms with Gasteiger partial charge >= 0.3 is 0 Å². The Bertz CT molecular complexity index is 870. The topological polar surface area (TPSA) is 59.3 Å². The van der Waals surface area contributed by atoms with Gasteiger partial charge in [-0.15, -0.1) is 34.0 Å². The van der Waals surface area contributed by atoms with E-state index in [1.807, 2.05) is 27.4 Å². The highest BCUT2D eigenvalue weighted by molar-refractivity contribution is 7.21. The third kappa shape index (κ3) is 1.76. The summed E-state index contributed by atoms with van der Waals surface area (Å²) in [6.45, 7) is 0. The van der Waals surface area contributed by atoms with Crippen LogP contribution in [-0.4, -0.2) is 20.3 Å². The molecule has 0 spiro atoms. The Labute approximate surface area is 119 Å². The van der Waals surface area contributed by atoms with E-state index < -0.39 is 0 Å². The molecular formula is C11H6N4OS3. The second-order valence-electron chi connectivity index (χ2n) is 3.76. The lowest BCUT2D eigenvalue weighted by atomic mass is 10.4. The van der Waals surface area contributed by atoms with Crippen LogP contribution in [0.5, 0.6) is 0 Å². The van der Waals surface area contributed by atoms with Crippen LogP contribution in [0.25, 0.3) is 15.3 Å². The van der Waals surface area contributed by atoms with Gasteiger partial charge in [-0.25, -0.2) is 9.97 Å². The predicted molar refractivity (Wildman–Crippen MR) is 78.5 cm³/mol. The van der Waals surface area contributed by atoms with Crippen molar-refractivity contribution >= 4 is 60.4 Å². The maximum atomic E-state index is 12.1. The first kappa shape index (κ1) is 11.1. The van der Waals surface area contributed by atoms with E-state index in [1.54, 1.807) is 17.5 Å². The highest BCUT2D eigenvalue weighted by Crippen LogP contribution is 2.28. The van der Waals surface area contributed by atoms with Crippen molar-refractivity contribution in [2.75, 3.05) is 5.32 Å². The Kier molecular flexibility index (Phi) is 2.40. The molecule has 19 heavy (non-hydrogen) atoms. The van der Waals surface area contributed by atoms with Crippen molar-refractivity contribution in [1.82, 2.24) is 14.4 Å². The molecule has 0 bridgehead atoms. The van der Waals surface area contributed by atoms with Gasteiger partial charge in [0.1, 0.15) is 4.83 Å². The van der Waals surface area contributed by atoms with Gasteiger partial charge in [0.2, 0.25) is 0 Å². The fourth-order valence-corrected chi connectivity index (χ4v) is 4.02. The van der Waals surface area contributed by atoms with Crippen molar-refractivity contribution in [3.63, 3.8) is 0 Å². The van der Waals surface area contributed by atoms with E-state index in [0.29, 0.717) is 10.0 Å². The summed E-state index contributed by atoms with van der Waals surface area (Å²) in [5.41, 5.74) is 0.977. The summed E-state index contributed by atoms with van der Waals surface area (Å²) in [6.07, 6.45) is 3.63. The molecule has 0 saturated heterocycles. The van der Waals surface area contributed by atoms with E-state index in [4.69, 9.17) is 0 Å². The number of thiophene rings is 1. The van der Waals surface area contributed by atoms with Crippen LogP contribution in [0.4, 0.5) is 5.13 Å². The Morgan fingerprint density at radius 3 is 3.11 bits per heavy atom. The maximum absolute atomic E-state index is 12.1. The molecule has 4 aromatic rings. The van der Waals surface area contributed by atoms with Gasteiger partial charge in [0.05, 0.1) is 10.4 Å². The SMILES string of the molecule is O=C(Nc1nccs1)c1cc2c(nc3sccn32)s1. The zero-order valence-electron chi connectivity index (χ0n) is 9.36. The second kappa shape index (κ2) is 4.12. The summed E-state index contributed by atoms with van der Waals surface area (Å²) in [5, 5.41) is 7.19. The van der Waals surface area contributed by atoms with Gasteiger partial charge in [-0.05, 0) is 6.07 Å². The van der Waals surface area contributed by atoms with E-state index in [9.17, 15) is 4.79 Å². The minimum atomic E-state index is -0.137. The molecule has 0 radical (unpaired) electrons. The van der Waals surface area contributed by atoms with Crippen LogP contribution < -0.4 is 5.32 Å². The van der Waals surface area contributed by atoms with Crippen LogP contribution in [0.1, 0.15) is 9.67 Å². The number of carbonyl (C=O) groups excluding carboxylic acids is 1. The van der Waals surface area contributed by atoms with E-state index in [2.05, 4.69) is 15.3 Å². The number of rotatable bonds is 2. The van der Waals surface area contributed by atoms with E-state index in [0.717, 1.165) is 15.3 Å². The van der Waals surface area contributed by atoms with E-state index in [-0.39, 0.29) is 5.91 Å². The molecule has 0 aliphatic carbocycles. The fraction of sp³-hybridized carbons (Fsp3) is 0. The Balaban J connectivity index is 1.74. The molecule has 8 heteroatoms. The highest BCUT2D eigenvalue weighted by Gasteiger charge is 2.15. The third-order valence-corrected chi connectivity index (χ3v) is 5.08. The zero-order valence-corrected chi connectivity index (χ0v) is 11.8. The van der Waals surface area contributed by atoms with Gasteiger partial charge in [0, 0.05) is 23.2 Å². The number of imidazole rings is 1. The van der Waals surface area contributed by atoms with Crippen molar-refractivity contribution in [2.45, 2.75) is 0 Å². The molecule has 0 unspecified atom stereocenters. The third-order valence-electron chi connectivity index (χ3n) is 2.62. The first-order chi connectivity index (χ1) is 9.31. The quantitative estimate of drug-likeness (QED) is 0.618. The lowest BCUT2D eigenvalue weighted by molar-refractivity contribution is 0.103. The average molecular weight is 306 g/mol. The number of thiazole rings is 2. The number of nitrogens with one attached hydrogen (secondary N) is 1. The van der Waals surface area contributed by atoms with Crippen molar-refractivity contribution in [1.29, 1.82) is 0 Å². The number of fused-ring (bicyclic) bond motifs is 3. The first-order valence-corrected chi connectivity index (χ1v) is 7.95. The summed E-state index contributed by atoms with van der Waals surface area (Å²) in [5.74, 6) is -0.137. The van der Waals surface area contributed by atoms with Gasteiger partial charge in [-0.3, -0.25) is 14.5 Å². The molecule has 0 aromatic carbocycles. The average Bonchev–Trinajstić information content (AvgIpc) is 3.08. The smallest absolute Gasteiger partial charge is 0.267 e. The molecule has 1 N–H and O–H groups in total. The summed E-state index contributed by atoms with van der Waals surface area (Å²) in [7, 11) is 0. The number of amides is 1. The molecule has 0 aliphatic rings. The predicted octanol–water partition coefficient (Wildman–Crippen LogP) is 3.32. The maximum Gasteiger partial charge on any atom is 0.267 e. The lowest BCUT2D eigenvalue weighted by Gasteiger charge is -1.96. The molecule has 1 amide bonds. The number of hydrogen-bond donors (Lipinski definition) is 1. The van der Waals surface area contributed by atoms with Gasteiger partial charge in [0.25, 0.3) is 5.91 Å². The Morgan fingerprint density at radius 2 is 2.26 bits per heavy atom. The molecule has 0 fully saturated rings. The number of nitrogens with zero attached hydrogens (tertiary/aromatic N) is 3. The van der Waals surface area contributed by atoms with Crippen LogP contribution in [0.15, 0.2) is 29.2 Å². The molecule has 94 valence electrons. The minimum absolute atomic E-state index is 0.137. The summed E-state index contributed by atoms with van der Waals surface area (Å²) >= 11 is 4.38. The molecule has 5 nitrogen and oxygen atoms in total. The second-order valence-corrected chi connectivity index (χ2v) is 6.56. The van der Waals surface area contributed by atoms with Crippen molar-refractivity contribution in [2.24, 2.45) is 0 Å². The van der Waals surface area contributed by atoms with E-state index in [1.165, 1.54) is 22.7 Å². The number of hydrogen-bond acceptors (Lipinski definition) is 6. The number of anilines is 1. The Hall–Kier alpha value is -1.77. The molecule has 4 rings (SSSR count). The standard InChI is InChI=1S/C11H6N4OS3/c16-8(13-10-12-1-3-17-10)7-5-6-9(19-7)14-11-15(6)2-4-18-11/h1-5H,(H,12,13,16). The molecule has 4 aromatic heterocycles. The summed E-state index contributed by atoms with van der Waals surface area (Å²) < 4.78 is 2.00. The zero-order chi connectivity index (χ0) is 12.8. The molecule has 0 atom stereocenters. The summed E-state index contributed by atoms with van der Waals surface area (Å²) in [4.78, 5) is 23.1. The monoisotopic (exact) mass is 306 g/mol. The van der Waals surface area contributed by atoms with Gasteiger partial charge in [-0.2, -0.15) is 0 Å². The van der Waals surface area contributed by atoms with Crippen molar-refractivity contribution < 1.29 is 4.79 Å². The van der Waals surface area contributed by atoms with Crippen LogP contribution in [-0.2, 0) is 0 Å². The molecule has 0 saturated carbocycles. The fourth-order valence-electron chi connectivity index (χ4n) is 1.80. The largest absolute Gasteiger partial charge is 0.297 e. The van der Waals surface area contributed by atoms with E-state index >= 15 is 0 Å². The van der Waals surface area contributed by atoms with Crippen LogP contribution in [0.3, 0.4) is 0 Å². The number of carbonyl (C=O) groups is 1. The van der Waals surface area contributed by atoms with Gasteiger partial charge < -0.3 is 0 Å². The number of aromatic nitrogens is 3. The van der Waals surface area contributed by atoms with Crippen LogP contribution in [0, 0.1) is 0 Å². The Morgan fingerprint density at radius 1 is 1.32 bits per heavy atom. The normalized spacial score (nSPS) is 11.4. The minimum Gasteiger partial charge on any atom is -0.297 e. The molecule has 0 aliphatic heterocycles.